The van der Waals surface area contributed by atoms with Gasteiger partial charge in [-0.2, -0.15) is 0 Å². The van der Waals surface area contributed by atoms with Crippen LogP contribution in [0.2, 0.25) is 21.1 Å². The van der Waals surface area contributed by atoms with E-state index in [1.54, 1.807) is 82.2 Å². The van der Waals surface area contributed by atoms with Crippen LogP contribution in [0.4, 0.5) is 0 Å². The summed E-state index contributed by atoms with van der Waals surface area (Å²) >= 11 is 0.774. The van der Waals surface area contributed by atoms with E-state index in [9.17, 15) is 0 Å². The summed E-state index contributed by atoms with van der Waals surface area (Å²) in [5.41, 5.74) is 7.99. The van der Waals surface area contributed by atoms with Crippen molar-refractivity contribution in [1.82, 2.24) is 0 Å². The summed E-state index contributed by atoms with van der Waals surface area (Å²) in [6.07, 6.45) is 57.8. The van der Waals surface area contributed by atoms with Crippen molar-refractivity contribution < 1.29 is 0 Å². The Labute approximate surface area is 454 Å². The van der Waals surface area contributed by atoms with Crippen LogP contribution in [0.25, 0.3) is 0 Å². The number of fused-ring (bicyclic) bond motifs is 5. The van der Waals surface area contributed by atoms with Gasteiger partial charge in [0.25, 0.3) is 14.1 Å². The molecular weight excluding hydrogens is 883 g/mol. The Bertz CT molecular complexity index is 1650. The fourth-order valence-electron chi connectivity index (χ4n) is 18.9. The Morgan fingerprint density at radius 3 is 1.11 bits per heavy atom. The minimum absolute atomic E-state index is 0.633. The van der Waals surface area contributed by atoms with E-state index < -0.39 is 14.1 Å². The molecule has 0 amide bonds. The van der Waals surface area contributed by atoms with E-state index in [4.69, 9.17) is 0 Å². The average Bonchev–Trinajstić information content (AvgIpc) is 4.23. The molecule has 396 valence electrons. The van der Waals surface area contributed by atoms with Gasteiger partial charge < -0.3 is 0 Å². The number of rotatable bonds is 21. The van der Waals surface area contributed by atoms with Crippen molar-refractivity contribution in [3.05, 3.63) is 73.4 Å². The molecule has 0 aromatic carbocycles. The summed E-state index contributed by atoms with van der Waals surface area (Å²) in [7, 11) is 0. The van der Waals surface area contributed by atoms with Gasteiger partial charge in [0, 0.05) is 0 Å². The van der Waals surface area contributed by atoms with Crippen molar-refractivity contribution in [2.75, 3.05) is 0 Å². The first-order valence-electron chi connectivity index (χ1n) is 32.6. The van der Waals surface area contributed by atoms with Gasteiger partial charge in [-0.1, -0.05) is 160 Å². The van der Waals surface area contributed by atoms with Crippen molar-refractivity contribution >= 4 is 30.4 Å². The maximum absolute atomic E-state index is 4.48. The summed E-state index contributed by atoms with van der Waals surface area (Å²) in [4.78, 5) is 0. The Morgan fingerprint density at radius 2 is 0.690 bits per heavy atom. The lowest BCUT2D eigenvalue weighted by Gasteiger charge is -2.34. The highest BCUT2D eigenvalue weighted by Gasteiger charge is 2.41. The molecule has 0 bridgehead atoms. The van der Waals surface area contributed by atoms with Gasteiger partial charge in [0.05, 0.1) is 0 Å². The smallest absolute Gasteiger partial charge is 0.103 e. The molecule has 10 saturated carbocycles. The van der Waals surface area contributed by atoms with Gasteiger partial charge in [0.15, 0.2) is 0 Å². The Balaban J connectivity index is 0.000000165. The molecule has 71 heavy (non-hydrogen) atoms. The molecule has 0 aliphatic heterocycles. The highest BCUT2D eigenvalue weighted by molar-refractivity contribution is 6.58. The lowest BCUT2D eigenvalue weighted by Crippen LogP contribution is -2.26. The largest absolute Gasteiger partial charge is 0.261 e. The van der Waals surface area contributed by atoms with Crippen LogP contribution in [0, 0.1) is 88.8 Å². The Morgan fingerprint density at radius 1 is 0.352 bits per heavy atom. The summed E-state index contributed by atoms with van der Waals surface area (Å²) in [6, 6.07) is 0. The molecular formula is C69H114Al2. The normalized spacial score (nSPS) is 37.2. The average molecular weight is 998 g/mol. The third-order valence-electron chi connectivity index (χ3n) is 23.5. The first kappa shape index (κ1) is 56.7. The van der Waals surface area contributed by atoms with Gasteiger partial charge in [-0.05, 0) is 256 Å². The molecule has 10 rings (SSSR count). The number of allylic oxidation sites excluding steroid dienone is 6. The minimum atomic E-state index is -0.633. The fraction of sp³-hybridized carbons (Fsp3) is 0.826. The summed E-state index contributed by atoms with van der Waals surface area (Å²) < 4.78 is 0. The standard InChI is InChI=1S/C17H29.C16H26.3C12H19.2Al.2H/c1-3-4-5-6-7-8-15-10-12-17-14(2)9-11-16(17)13-15;1-3-4-5-6-7-14-9-11-16-13(2)8-10-15(16)12-14;2*1-3-10-5-7-12-9(2)4-6-11(12)8-10;1-3-10-5-7-11-6-4-9(2)12(11)8-10;;;;/h15-17H,1-13H2;3,14-16H,1-2,4-12H2;3*10-12H,1-8H2;;;;. The van der Waals surface area contributed by atoms with Crippen molar-refractivity contribution in [2.24, 2.45) is 88.8 Å². The first-order valence-corrected chi connectivity index (χ1v) is 36.5. The van der Waals surface area contributed by atoms with E-state index in [2.05, 4.69) is 45.5 Å². The van der Waals surface area contributed by atoms with Gasteiger partial charge >= 0.3 is 0 Å². The second-order valence-corrected chi connectivity index (χ2v) is 32.4. The van der Waals surface area contributed by atoms with Crippen LogP contribution in [0.15, 0.2) is 73.4 Å². The van der Waals surface area contributed by atoms with Crippen LogP contribution in [0.3, 0.4) is 0 Å². The predicted molar refractivity (Wildman–Crippen MR) is 317 cm³/mol. The highest BCUT2D eigenvalue weighted by Crippen LogP contribution is 2.52. The molecule has 0 nitrogen and oxygen atoms in total. The van der Waals surface area contributed by atoms with Gasteiger partial charge in [-0.3, -0.25) is 0 Å². The lowest BCUT2D eigenvalue weighted by molar-refractivity contribution is 0.213. The van der Waals surface area contributed by atoms with E-state index in [1.807, 2.05) is 0 Å². The molecule has 0 heterocycles. The summed E-state index contributed by atoms with van der Waals surface area (Å²) in [6.45, 7) is 25.6. The first-order chi connectivity index (χ1) is 34.6. The van der Waals surface area contributed by atoms with Gasteiger partial charge in [-0.15, -0.1) is 11.9 Å². The van der Waals surface area contributed by atoms with Crippen LogP contribution in [0.5, 0.6) is 0 Å². The van der Waals surface area contributed by atoms with Gasteiger partial charge in [-0.25, -0.2) is 0 Å². The minimum Gasteiger partial charge on any atom is -0.103 e. The third-order valence-corrected chi connectivity index (χ3v) is 27.6. The van der Waals surface area contributed by atoms with Gasteiger partial charge in [0.1, 0.15) is 0 Å². The van der Waals surface area contributed by atoms with Gasteiger partial charge in [0.2, 0.25) is 16.3 Å². The zero-order valence-electron chi connectivity index (χ0n) is 47.3. The second kappa shape index (κ2) is 29.3. The lowest BCUT2D eigenvalue weighted by atomic mass is 9.73. The van der Waals surface area contributed by atoms with Crippen LogP contribution in [0.1, 0.15) is 244 Å². The predicted octanol–water partition coefficient (Wildman–Crippen LogP) is 20.7. The quantitative estimate of drug-likeness (QED) is 0.0611. The van der Waals surface area contributed by atoms with Crippen molar-refractivity contribution in [1.29, 1.82) is 0 Å². The van der Waals surface area contributed by atoms with E-state index >= 15 is 0 Å². The van der Waals surface area contributed by atoms with E-state index in [1.165, 1.54) is 227 Å². The maximum atomic E-state index is 4.48. The molecule has 15 atom stereocenters. The molecule has 0 spiro atoms. The molecule has 10 fully saturated rings. The van der Waals surface area contributed by atoms with E-state index in [-0.39, 0.29) is 0 Å². The van der Waals surface area contributed by atoms with Crippen LogP contribution in [-0.2, 0) is 0 Å². The number of hydrogen-bond donors (Lipinski definition) is 0. The van der Waals surface area contributed by atoms with Crippen molar-refractivity contribution in [3.63, 3.8) is 0 Å². The molecule has 15 unspecified atom stereocenters. The Kier molecular flexibility index (Phi) is 23.4. The van der Waals surface area contributed by atoms with Crippen molar-refractivity contribution in [2.45, 2.75) is 265 Å². The Hall–Kier alpha value is -0.495. The zero-order chi connectivity index (χ0) is 49.5. The van der Waals surface area contributed by atoms with Crippen LogP contribution >= 0.6 is 0 Å². The maximum Gasteiger partial charge on any atom is 0.261 e. The molecule has 10 aliphatic rings. The number of unbranched alkanes of at least 4 members (excludes halogenated alkanes) is 6. The molecule has 0 aromatic rings. The van der Waals surface area contributed by atoms with E-state index in [0.29, 0.717) is 0 Å². The van der Waals surface area contributed by atoms with Crippen molar-refractivity contribution in [3.8, 4) is 0 Å². The zero-order valence-corrected chi connectivity index (χ0v) is 50.4. The SMILES string of the molecule is C=C1CCC2CC(CCCCCC[CH2][AlH2])CCC12.C=C1CCC2CC(C[CH2][Al]([CH2]CC3CCC4C(=C)CCC4C3)[CH2]CC3CCC4CCC(=C)C4C3)CCC12.C=CCCCCC1CCC2C(=C)CCC2C1. The highest BCUT2D eigenvalue weighted by atomic mass is 27.2. The van der Waals surface area contributed by atoms with E-state index in [0.717, 1.165) is 88.8 Å². The molecule has 0 N–H and O–H groups in total. The molecule has 0 saturated heterocycles. The summed E-state index contributed by atoms with van der Waals surface area (Å²) in [5, 5.41) is 6.52. The molecule has 2 heteroatoms. The topological polar surface area (TPSA) is 0 Å². The molecule has 0 radical (unpaired) electrons. The number of hydrogen-bond acceptors (Lipinski definition) is 0. The van der Waals surface area contributed by atoms with Crippen LogP contribution < -0.4 is 0 Å². The fourth-order valence-corrected chi connectivity index (χ4v) is 23.1. The molecule has 10 aliphatic carbocycles. The molecule has 0 aromatic heterocycles. The van der Waals surface area contributed by atoms with Crippen LogP contribution in [-0.4, -0.2) is 30.4 Å². The monoisotopic (exact) mass is 997 g/mol. The second-order valence-electron chi connectivity index (χ2n) is 27.9. The summed E-state index contributed by atoms with van der Waals surface area (Å²) in [5.74, 6) is 14.9. The third kappa shape index (κ3) is 16.5.